The van der Waals surface area contributed by atoms with E-state index in [-0.39, 0.29) is 11.8 Å². The monoisotopic (exact) mass is 315 g/mol. The quantitative estimate of drug-likeness (QED) is 0.898. The highest BCUT2D eigenvalue weighted by Gasteiger charge is 2.21. The Kier molecular flexibility index (Phi) is 5.68. The number of amides is 1. The summed E-state index contributed by atoms with van der Waals surface area (Å²) in [5.74, 6) is 1.07. The zero-order valence-electron chi connectivity index (χ0n) is 14.2. The van der Waals surface area contributed by atoms with Gasteiger partial charge >= 0.3 is 0 Å². The molecule has 23 heavy (non-hydrogen) atoms. The molecular formula is C19H29N3O. The molecule has 2 atom stereocenters. The van der Waals surface area contributed by atoms with Crippen LogP contribution in [0.5, 0.6) is 0 Å². The first-order chi connectivity index (χ1) is 11.2. The zero-order chi connectivity index (χ0) is 16.1. The third kappa shape index (κ3) is 4.79. The van der Waals surface area contributed by atoms with E-state index in [1.165, 1.54) is 31.5 Å². The molecule has 4 heteroatoms. The van der Waals surface area contributed by atoms with Gasteiger partial charge in [0.2, 0.25) is 5.91 Å². The van der Waals surface area contributed by atoms with E-state index in [1.54, 1.807) is 0 Å². The van der Waals surface area contributed by atoms with Gasteiger partial charge < -0.3 is 10.6 Å². The summed E-state index contributed by atoms with van der Waals surface area (Å²) in [7, 11) is 0. The van der Waals surface area contributed by atoms with Crippen LogP contribution < -0.4 is 10.6 Å². The molecule has 1 amide bonds. The highest BCUT2D eigenvalue weighted by molar-refractivity contribution is 5.92. The summed E-state index contributed by atoms with van der Waals surface area (Å²) in [5.41, 5.74) is 2.24. The highest BCUT2D eigenvalue weighted by atomic mass is 16.1. The summed E-state index contributed by atoms with van der Waals surface area (Å²) in [6.45, 7) is 7.60. The number of hydrogen-bond donors (Lipinski definition) is 2. The predicted molar refractivity (Wildman–Crippen MR) is 94.3 cm³/mol. The standard InChI is InChI=1S/C19H29N3O/c1-15-4-3-11-22(13-15)14-16-6-8-18(9-7-16)21-19(23)17-5-2-10-20-12-17/h6-9,15,17,20H,2-5,10-14H2,1H3,(H,21,23). The summed E-state index contributed by atoms with van der Waals surface area (Å²) >= 11 is 0. The van der Waals surface area contributed by atoms with Gasteiger partial charge in [-0.2, -0.15) is 0 Å². The average Bonchev–Trinajstić information content (AvgIpc) is 2.57. The Morgan fingerprint density at radius 2 is 2.09 bits per heavy atom. The van der Waals surface area contributed by atoms with Crippen LogP contribution in [-0.2, 0) is 11.3 Å². The Hall–Kier alpha value is -1.39. The summed E-state index contributed by atoms with van der Waals surface area (Å²) in [4.78, 5) is 14.8. The molecule has 0 spiro atoms. The Balaban J connectivity index is 1.51. The number of likely N-dealkylation sites (tertiary alicyclic amines) is 1. The third-order valence-electron chi connectivity index (χ3n) is 5.04. The van der Waals surface area contributed by atoms with Gasteiger partial charge in [-0.05, 0) is 62.4 Å². The van der Waals surface area contributed by atoms with E-state index in [2.05, 4.69) is 34.6 Å². The van der Waals surface area contributed by atoms with Crippen molar-refractivity contribution in [1.29, 1.82) is 0 Å². The van der Waals surface area contributed by atoms with Crippen LogP contribution in [-0.4, -0.2) is 37.0 Å². The molecule has 2 fully saturated rings. The molecule has 0 bridgehead atoms. The van der Waals surface area contributed by atoms with Gasteiger partial charge in [0, 0.05) is 25.3 Å². The van der Waals surface area contributed by atoms with Crippen molar-refractivity contribution in [2.75, 3.05) is 31.5 Å². The van der Waals surface area contributed by atoms with E-state index in [1.807, 2.05) is 12.1 Å². The van der Waals surface area contributed by atoms with Crippen molar-refractivity contribution < 1.29 is 4.79 Å². The van der Waals surface area contributed by atoms with Crippen molar-refractivity contribution in [3.8, 4) is 0 Å². The molecule has 1 aromatic carbocycles. The van der Waals surface area contributed by atoms with Crippen LogP contribution in [0.3, 0.4) is 0 Å². The fourth-order valence-electron chi connectivity index (χ4n) is 3.70. The molecule has 2 N–H and O–H groups in total. The number of rotatable bonds is 4. The molecule has 4 nitrogen and oxygen atoms in total. The molecule has 3 rings (SSSR count). The minimum atomic E-state index is 0.110. The van der Waals surface area contributed by atoms with Gasteiger partial charge in [-0.1, -0.05) is 19.1 Å². The largest absolute Gasteiger partial charge is 0.326 e. The van der Waals surface area contributed by atoms with Crippen LogP contribution in [0.1, 0.15) is 38.2 Å². The van der Waals surface area contributed by atoms with E-state index >= 15 is 0 Å². The van der Waals surface area contributed by atoms with Crippen molar-refractivity contribution in [3.63, 3.8) is 0 Å². The molecule has 2 aliphatic rings. The topological polar surface area (TPSA) is 44.4 Å². The second kappa shape index (κ2) is 7.93. The Bertz CT molecular complexity index is 508. The van der Waals surface area contributed by atoms with Gasteiger partial charge in [0.25, 0.3) is 0 Å². The van der Waals surface area contributed by atoms with Crippen molar-refractivity contribution in [2.24, 2.45) is 11.8 Å². The Labute approximate surface area is 139 Å². The van der Waals surface area contributed by atoms with Crippen LogP contribution in [0, 0.1) is 11.8 Å². The van der Waals surface area contributed by atoms with E-state index in [9.17, 15) is 4.79 Å². The van der Waals surface area contributed by atoms with Gasteiger partial charge in [-0.3, -0.25) is 9.69 Å². The molecule has 0 radical (unpaired) electrons. The lowest BCUT2D eigenvalue weighted by Gasteiger charge is -2.30. The molecule has 0 saturated carbocycles. The molecule has 2 heterocycles. The maximum absolute atomic E-state index is 12.2. The first kappa shape index (κ1) is 16.5. The van der Waals surface area contributed by atoms with Crippen LogP contribution in [0.2, 0.25) is 0 Å². The van der Waals surface area contributed by atoms with E-state index in [0.29, 0.717) is 0 Å². The van der Waals surface area contributed by atoms with Crippen LogP contribution in [0.4, 0.5) is 5.69 Å². The number of nitrogens with zero attached hydrogens (tertiary/aromatic N) is 1. The minimum absolute atomic E-state index is 0.110. The number of carbonyl (C=O) groups excluding carboxylic acids is 1. The predicted octanol–water partition coefficient (Wildman–Crippen LogP) is 2.86. The fraction of sp³-hybridized carbons (Fsp3) is 0.632. The third-order valence-corrected chi connectivity index (χ3v) is 5.04. The first-order valence-electron chi connectivity index (χ1n) is 9.03. The molecule has 2 saturated heterocycles. The van der Waals surface area contributed by atoms with Crippen LogP contribution in [0.15, 0.2) is 24.3 Å². The van der Waals surface area contributed by atoms with Gasteiger partial charge in [0.1, 0.15) is 0 Å². The number of carbonyl (C=O) groups is 1. The van der Waals surface area contributed by atoms with Crippen LogP contribution in [0.25, 0.3) is 0 Å². The average molecular weight is 315 g/mol. The van der Waals surface area contributed by atoms with Gasteiger partial charge in [-0.25, -0.2) is 0 Å². The normalized spacial score (nSPS) is 26.0. The molecule has 0 aliphatic carbocycles. The molecule has 2 aliphatic heterocycles. The molecular weight excluding hydrogens is 286 g/mol. The van der Waals surface area contributed by atoms with Crippen molar-refractivity contribution in [3.05, 3.63) is 29.8 Å². The van der Waals surface area contributed by atoms with Gasteiger partial charge in [-0.15, -0.1) is 0 Å². The maximum Gasteiger partial charge on any atom is 0.228 e. The lowest BCUT2D eigenvalue weighted by molar-refractivity contribution is -0.120. The summed E-state index contributed by atoms with van der Waals surface area (Å²) in [6.07, 6.45) is 4.75. The lowest BCUT2D eigenvalue weighted by Crippen LogP contribution is -2.37. The highest BCUT2D eigenvalue weighted by Crippen LogP contribution is 2.19. The first-order valence-corrected chi connectivity index (χ1v) is 9.03. The zero-order valence-corrected chi connectivity index (χ0v) is 14.2. The SMILES string of the molecule is CC1CCCN(Cc2ccc(NC(=O)C3CCCNC3)cc2)C1. The van der Waals surface area contributed by atoms with Gasteiger partial charge in [0.05, 0.1) is 5.92 Å². The Morgan fingerprint density at radius 3 is 2.78 bits per heavy atom. The fourth-order valence-corrected chi connectivity index (χ4v) is 3.70. The minimum Gasteiger partial charge on any atom is -0.326 e. The lowest BCUT2D eigenvalue weighted by atomic mass is 9.98. The summed E-state index contributed by atoms with van der Waals surface area (Å²) in [5, 5.41) is 6.35. The molecule has 0 aromatic heterocycles. The molecule has 126 valence electrons. The summed E-state index contributed by atoms with van der Waals surface area (Å²) in [6, 6.07) is 8.37. The second-order valence-corrected chi connectivity index (χ2v) is 7.21. The van der Waals surface area contributed by atoms with Crippen LogP contribution >= 0.6 is 0 Å². The smallest absolute Gasteiger partial charge is 0.228 e. The molecule has 2 unspecified atom stereocenters. The van der Waals surface area contributed by atoms with Crippen molar-refractivity contribution >= 4 is 11.6 Å². The number of benzene rings is 1. The van der Waals surface area contributed by atoms with E-state index in [0.717, 1.165) is 44.1 Å². The number of nitrogens with one attached hydrogen (secondary N) is 2. The number of piperidine rings is 2. The van der Waals surface area contributed by atoms with Crippen molar-refractivity contribution in [2.45, 2.75) is 39.2 Å². The number of hydrogen-bond acceptors (Lipinski definition) is 3. The van der Waals surface area contributed by atoms with Crippen molar-refractivity contribution in [1.82, 2.24) is 10.2 Å². The van der Waals surface area contributed by atoms with E-state index < -0.39 is 0 Å². The van der Waals surface area contributed by atoms with E-state index in [4.69, 9.17) is 0 Å². The molecule has 1 aromatic rings. The maximum atomic E-state index is 12.2. The second-order valence-electron chi connectivity index (χ2n) is 7.21. The summed E-state index contributed by atoms with van der Waals surface area (Å²) < 4.78 is 0. The number of anilines is 1. The van der Waals surface area contributed by atoms with Gasteiger partial charge in [0.15, 0.2) is 0 Å². The Morgan fingerprint density at radius 1 is 1.26 bits per heavy atom.